The van der Waals surface area contributed by atoms with Gasteiger partial charge in [-0.05, 0) is 92.8 Å². The largest absolute Gasteiger partial charge is 0.497 e. The van der Waals surface area contributed by atoms with Gasteiger partial charge < -0.3 is 19.3 Å². The van der Waals surface area contributed by atoms with E-state index in [2.05, 4.69) is 68.6 Å². The van der Waals surface area contributed by atoms with Crippen LogP contribution in [0.25, 0.3) is 10.9 Å². The Labute approximate surface area is 248 Å². The van der Waals surface area contributed by atoms with Crippen LogP contribution in [0.1, 0.15) is 45.1 Å². The van der Waals surface area contributed by atoms with Gasteiger partial charge in [-0.15, -0.1) is 0 Å². The van der Waals surface area contributed by atoms with E-state index < -0.39 is 5.82 Å². The van der Waals surface area contributed by atoms with Gasteiger partial charge in [0.15, 0.2) is 5.82 Å². The van der Waals surface area contributed by atoms with Crippen LogP contribution in [0.3, 0.4) is 0 Å². The molecule has 10 heteroatoms. The number of fused-ring (bicyclic) bond motifs is 3. The van der Waals surface area contributed by atoms with E-state index in [1.54, 1.807) is 13.2 Å². The van der Waals surface area contributed by atoms with Crippen LogP contribution in [-0.2, 0) is 6.54 Å². The molecule has 0 N–H and O–H groups in total. The molecule has 0 spiro atoms. The van der Waals surface area contributed by atoms with Crippen molar-refractivity contribution in [3.05, 3.63) is 51.2 Å². The van der Waals surface area contributed by atoms with Crippen LogP contribution in [0.15, 0.2) is 34.8 Å². The number of halogens is 3. The number of likely N-dealkylation sites (N-methyl/N-ethyl adjacent to an activating group) is 1. The smallest absolute Gasteiger partial charge is 0.319 e. The molecule has 2 unspecified atom stereocenters. The zero-order valence-electron chi connectivity index (χ0n) is 23.5. The highest BCUT2D eigenvalue weighted by Gasteiger charge is 2.55. The van der Waals surface area contributed by atoms with E-state index in [0.29, 0.717) is 28.9 Å². The first-order valence-corrected chi connectivity index (χ1v) is 15.1. The molecular weight excluding hydrogens is 597 g/mol. The van der Waals surface area contributed by atoms with Crippen LogP contribution >= 0.6 is 27.5 Å². The third-order valence-electron chi connectivity index (χ3n) is 9.23. The fourth-order valence-corrected chi connectivity index (χ4v) is 7.41. The van der Waals surface area contributed by atoms with Crippen molar-refractivity contribution in [1.29, 1.82) is 0 Å². The quantitative estimate of drug-likeness (QED) is 0.284. The van der Waals surface area contributed by atoms with Gasteiger partial charge in [-0.2, -0.15) is 9.97 Å². The average molecular weight is 633 g/mol. The zero-order chi connectivity index (χ0) is 28.2. The van der Waals surface area contributed by atoms with Crippen LogP contribution < -0.4 is 14.4 Å². The summed E-state index contributed by atoms with van der Waals surface area (Å²) in [6.07, 6.45) is 4.35. The maximum absolute atomic E-state index is 15.5. The van der Waals surface area contributed by atoms with E-state index in [9.17, 15) is 0 Å². The third kappa shape index (κ3) is 4.93. The van der Waals surface area contributed by atoms with Gasteiger partial charge in [0.05, 0.1) is 16.6 Å². The van der Waals surface area contributed by atoms with E-state index in [4.69, 9.17) is 26.1 Å². The number of rotatable bonds is 7. The summed E-state index contributed by atoms with van der Waals surface area (Å²) in [5.41, 5.74) is 1.30. The second kappa shape index (κ2) is 10.6. The fraction of sp³-hybridized carbons (Fsp3) is 0.533. The van der Waals surface area contributed by atoms with Gasteiger partial charge in [0.2, 0.25) is 0 Å². The van der Waals surface area contributed by atoms with Crippen LogP contribution in [0.4, 0.5) is 10.2 Å². The SMILES string of the molecule is COc1ccc(CN2C3(C)CCC2(C)CN(c2nc(OC[C@@H]4CCCN4C)nc4c(F)c(Br)c(Cl)cc24)C3)cc1. The number of hydrogen-bond donors (Lipinski definition) is 0. The predicted octanol–water partition coefficient (Wildman–Crippen LogP) is 6.30. The molecular formula is C30H36BrClFN5O2. The van der Waals surface area contributed by atoms with Crippen molar-refractivity contribution < 1.29 is 13.9 Å². The Kier molecular flexibility index (Phi) is 7.38. The predicted molar refractivity (Wildman–Crippen MR) is 160 cm³/mol. The molecule has 6 rings (SSSR count). The first-order valence-electron chi connectivity index (χ1n) is 13.9. The molecule has 0 aliphatic carbocycles. The summed E-state index contributed by atoms with van der Waals surface area (Å²) in [5, 5.41) is 0.904. The van der Waals surface area contributed by atoms with Crippen LogP contribution in [-0.4, -0.2) is 77.3 Å². The molecule has 2 aromatic carbocycles. The first kappa shape index (κ1) is 27.9. The van der Waals surface area contributed by atoms with Gasteiger partial charge in [0.25, 0.3) is 0 Å². The van der Waals surface area contributed by atoms with Gasteiger partial charge in [0.1, 0.15) is 23.7 Å². The van der Waals surface area contributed by atoms with E-state index in [1.807, 2.05) is 12.1 Å². The summed E-state index contributed by atoms with van der Waals surface area (Å²) in [7, 11) is 3.80. The van der Waals surface area contributed by atoms with Crippen molar-refractivity contribution in [3.8, 4) is 11.8 Å². The molecule has 3 aliphatic rings. The highest BCUT2D eigenvalue weighted by molar-refractivity contribution is 9.10. The summed E-state index contributed by atoms with van der Waals surface area (Å²) in [5.74, 6) is 1.05. The molecule has 1 aromatic heterocycles. The third-order valence-corrected chi connectivity index (χ3v) is 10.5. The lowest BCUT2D eigenvalue weighted by molar-refractivity contribution is 0.0301. The van der Waals surface area contributed by atoms with Crippen molar-refractivity contribution in [1.82, 2.24) is 19.8 Å². The standard InChI is InChI=1S/C30H36BrClFN5O2/c1-29-11-12-30(2,38(29)15-19-7-9-21(39-4)10-8-19)18-37(17-29)27-22-14-23(32)24(31)25(33)26(22)34-28(35-27)40-16-20-6-5-13-36(20)3/h7-10,14,20H,5-6,11-13,15-18H2,1-4H3/t20-,29?,30?/m0/s1. The normalized spacial score (nSPS) is 27.1. The van der Waals surface area contributed by atoms with Gasteiger partial charge in [-0.1, -0.05) is 23.7 Å². The highest BCUT2D eigenvalue weighted by Crippen LogP contribution is 2.48. The Morgan fingerprint density at radius 2 is 1.82 bits per heavy atom. The number of methoxy groups -OCH3 is 1. The lowest BCUT2D eigenvalue weighted by Gasteiger charge is -2.53. The minimum Gasteiger partial charge on any atom is -0.497 e. The molecule has 214 valence electrons. The van der Waals surface area contributed by atoms with E-state index in [1.165, 1.54) is 5.56 Å². The molecule has 4 heterocycles. The van der Waals surface area contributed by atoms with E-state index >= 15 is 4.39 Å². The molecule has 3 fully saturated rings. The topological polar surface area (TPSA) is 54.0 Å². The van der Waals surface area contributed by atoms with Crippen molar-refractivity contribution in [2.75, 3.05) is 45.3 Å². The number of piperazine rings is 1. The maximum Gasteiger partial charge on any atom is 0.319 e. The van der Waals surface area contributed by atoms with Gasteiger partial charge in [-0.25, -0.2) is 4.39 Å². The maximum atomic E-state index is 15.5. The summed E-state index contributed by atoms with van der Waals surface area (Å²) < 4.78 is 27.2. The summed E-state index contributed by atoms with van der Waals surface area (Å²) >= 11 is 9.75. The molecule has 0 radical (unpaired) electrons. The Hall–Kier alpha value is -2.20. The number of anilines is 1. The Morgan fingerprint density at radius 1 is 1.12 bits per heavy atom. The molecule has 3 saturated heterocycles. The number of aromatic nitrogens is 2. The zero-order valence-corrected chi connectivity index (χ0v) is 25.9. The van der Waals surface area contributed by atoms with Crippen LogP contribution in [0.2, 0.25) is 5.02 Å². The molecule has 40 heavy (non-hydrogen) atoms. The van der Waals surface area contributed by atoms with Crippen molar-refractivity contribution in [3.63, 3.8) is 0 Å². The molecule has 3 aliphatic heterocycles. The first-order chi connectivity index (χ1) is 19.1. The number of ether oxygens (including phenoxy) is 2. The lowest BCUT2D eigenvalue weighted by atomic mass is 9.93. The highest BCUT2D eigenvalue weighted by atomic mass is 79.9. The van der Waals surface area contributed by atoms with Gasteiger partial charge in [-0.3, -0.25) is 4.90 Å². The Morgan fingerprint density at radius 3 is 2.45 bits per heavy atom. The molecule has 7 nitrogen and oxygen atoms in total. The molecule has 2 bridgehead atoms. The second-order valence-electron chi connectivity index (χ2n) is 12.1. The average Bonchev–Trinajstić information content (AvgIpc) is 3.41. The molecule has 3 atom stereocenters. The minimum absolute atomic E-state index is 0.0878. The molecule has 3 aromatic rings. The summed E-state index contributed by atoms with van der Waals surface area (Å²) in [6, 6.07) is 10.6. The van der Waals surface area contributed by atoms with Crippen molar-refractivity contribution in [2.45, 2.75) is 63.2 Å². The van der Waals surface area contributed by atoms with Crippen molar-refractivity contribution >= 4 is 44.3 Å². The Bertz CT molecular complexity index is 1410. The minimum atomic E-state index is -0.493. The molecule has 0 saturated carbocycles. The van der Waals surface area contributed by atoms with Gasteiger partial charge in [0, 0.05) is 42.1 Å². The number of benzene rings is 2. The Balaban J connectivity index is 1.34. The second-order valence-corrected chi connectivity index (χ2v) is 13.3. The van der Waals surface area contributed by atoms with Crippen LogP contribution in [0.5, 0.6) is 11.8 Å². The van der Waals surface area contributed by atoms with Gasteiger partial charge >= 0.3 is 6.01 Å². The van der Waals surface area contributed by atoms with Crippen LogP contribution in [0, 0.1) is 5.82 Å². The summed E-state index contributed by atoms with van der Waals surface area (Å²) in [4.78, 5) is 16.7. The van der Waals surface area contributed by atoms with Crippen molar-refractivity contribution in [2.24, 2.45) is 0 Å². The summed E-state index contributed by atoms with van der Waals surface area (Å²) in [6.45, 7) is 8.55. The monoisotopic (exact) mass is 631 g/mol. The van der Waals surface area contributed by atoms with E-state index in [0.717, 1.165) is 57.6 Å². The number of nitrogens with zero attached hydrogens (tertiary/aromatic N) is 5. The lowest BCUT2D eigenvalue weighted by Crippen LogP contribution is -2.65. The number of likely N-dealkylation sites (tertiary alicyclic amines) is 1. The molecule has 0 amide bonds. The van der Waals surface area contributed by atoms with E-state index in [-0.39, 0.29) is 27.1 Å². The fourth-order valence-electron chi connectivity index (χ4n) is 6.92. The number of hydrogen-bond acceptors (Lipinski definition) is 7.